The Morgan fingerprint density at radius 1 is 1.30 bits per heavy atom. The number of aromatic amines is 1. The average molecular weight is 375 g/mol. The number of nitrogens with one attached hydrogen (secondary N) is 3. The van der Waals surface area contributed by atoms with Gasteiger partial charge in [-0.05, 0) is 57.1 Å². The highest BCUT2D eigenvalue weighted by molar-refractivity contribution is 5.83. The number of halogens is 1. The van der Waals surface area contributed by atoms with Gasteiger partial charge in [-0.25, -0.2) is 4.39 Å². The number of nitrogens with zero attached hydrogens (tertiary/aromatic N) is 2. The highest BCUT2D eigenvalue weighted by atomic mass is 19.1. The molecule has 0 unspecified atom stereocenters. The van der Waals surface area contributed by atoms with Crippen molar-refractivity contribution in [1.82, 2.24) is 20.5 Å². The van der Waals surface area contributed by atoms with Gasteiger partial charge in [0.05, 0.1) is 0 Å². The minimum atomic E-state index is -0.221. The van der Waals surface area contributed by atoms with E-state index in [4.69, 9.17) is 4.74 Å². The molecule has 27 heavy (non-hydrogen) atoms. The smallest absolute Gasteiger partial charge is 0.191 e. The van der Waals surface area contributed by atoms with Crippen LogP contribution in [0, 0.1) is 5.82 Å². The molecule has 0 saturated carbocycles. The molecule has 3 N–H and O–H groups in total. The molecule has 1 aromatic heterocycles. The lowest BCUT2D eigenvalue weighted by atomic mass is 9.88. The Morgan fingerprint density at radius 3 is 2.78 bits per heavy atom. The Morgan fingerprint density at radius 2 is 2.07 bits per heavy atom. The highest BCUT2D eigenvalue weighted by Gasteiger charge is 2.34. The van der Waals surface area contributed by atoms with Crippen LogP contribution in [0.3, 0.4) is 0 Å². The number of rotatable bonds is 6. The van der Waals surface area contributed by atoms with Crippen molar-refractivity contribution >= 4 is 16.9 Å². The number of ether oxygens (including phenoxy) is 1. The summed E-state index contributed by atoms with van der Waals surface area (Å²) < 4.78 is 18.8. The zero-order valence-electron chi connectivity index (χ0n) is 16.4. The molecule has 2 heterocycles. The van der Waals surface area contributed by atoms with Crippen LogP contribution in [0.15, 0.2) is 29.4 Å². The van der Waals surface area contributed by atoms with E-state index in [9.17, 15) is 4.39 Å². The number of aromatic nitrogens is 1. The largest absolute Gasteiger partial charge is 0.381 e. The molecule has 2 aromatic rings. The Labute approximate surface area is 160 Å². The second kappa shape index (κ2) is 8.71. The first kappa shape index (κ1) is 19.6. The Bertz CT molecular complexity index is 780. The molecular weight excluding hydrogens is 345 g/mol. The van der Waals surface area contributed by atoms with Crippen molar-refractivity contribution in [3.8, 4) is 0 Å². The van der Waals surface area contributed by atoms with E-state index in [1.807, 2.05) is 12.3 Å². The summed E-state index contributed by atoms with van der Waals surface area (Å²) in [6.45, 7) is 3.18. The first-order valence-electron chi connectivity index (χ1n) is 9.49. The quantitative estimate of drug-likeness (QED) is 0.535. The molecule has 7 heteroatoms. The molecule has 0 amide bonds. The van der Waals surface area contributed by atoms with E-state index in [1.165, 1.54) is 17.7 Å². The van der Waals surface area contributed by atoms with E-state index in [2.05, 4.69) is 39.6 Å². The van der Waals surface area contributed by atoms with Gasteiger partial charge in [-0.15, -0.1) is 0 Å². The third-order valence-corrected chi connectivity index (χ3v) is 5.60. The Balaban J connectivity index is 1.53. The van der Waals surface area contributed by atoms with Gasteiger partial charge in [0.15, 0.2) is 5.96 Å². The van der Waals surface area contributed by atoms with Crippen molar-refractivity contribution < 1.29 is 9.13 Å². The minimum absolute atomic E-state index is 0.0940. The van der Waals surface area contributed by atoms with Crippen LogP contribution in [-0.4, -0.2) is 68.8 Å². The summed E-state index contributed by atoms with van der Waals surface area (Å²) in [5.74, 6) is 0.579. The number of likely N-dealkylation sites (N-methyl/N-ethyl adjacent to an activating group) is 1. The number of H-pyrrole nitrogens is 1. The van der Waals surface area contributed by atoms with E-state index in [1.54, 1.807) is 7.05 Å². The maximum atomic E-state index is 13.3. The normalized spacial score (nSPS) is 17.4. The molecule has 0 spiro atoms. The molecule has 1 aromatic carbocycles. The number of hydrogen-bond donors (Lipinski definition) is 3. The van der Waals surface area contributed by atoms with Crippen LogP contribution in [0.25, 0.3) is 10.9 Å². The Hall–Kier alpha value is -2.12. The van der Waals surface area contributed by atoms with Gasteiger partial charge in [0, 0.05) is 56.0 Å². The molecular formula is C20H30FN5O. The van der Waals surface area contributed by atoms with Crippen molar-refractivity contribution in [3.05, 3.63) is 35.8 Å². The van der Waals surface area contributed by atoms with Gasteiger partial charge in [-0.1, -0.05) is 0 Å². The monoisotopic (exact) mass is 375 g/mol. The number of hydrogen-bond acceptors (Lipinski definition) is 3. The van der Waals surface area contributed by atoms with Crippen LogP contribution in [0.5, 0.6) is 0 Å². The van der Waals surface area contributed by atoms with Gasteiger partial charge in [0.1, 0.15) is 5.82 Å². The topological polar surface area (TPSA) is 64.7 Å². The zero-order valence-corrected chi connectivity index (χ0v) is 16.4. The van der Waals surface area contributed by atoms with E-state index < -0.39 is 0 Å². The van der Waals surface area contributed by atoms with Crippen LogP contribution in [0.2, 0.25) is 0 Å². The third kappa shape index (κ3) is 4.59. The molecule has 0 aliphatic carbocycles. The van der Waals surface area contributed by atoms with Crippen LogP contribution < -0.4 is 10.6 Å². The second-order valence-electron chi connectivity index (χ2n) is 7.34. The number of benzene rings is 1. The van der Waals surface area contributed by atoms with Crippen molar-refractivity contribution in [3.63, 3.8) is 0 Å². The second-order valence-corrected chi connectivity index (χ2v) is 7.34. The molecule has 3 rings (SSSR count). The fourth-order valence-corrected chi connectivity index (χ4v) is 3.68. The lowest BCUT2D eigenvalue weighted by molar-refractivity contribution is -0.00500. The van der Waals surface area contributed by atoms with E-state index in [0.29, 0.717) is 0 Å². The maximum absolute atomic E-state index is 13.3. The molecule has 1 aliphatic heterocycles. The molecule has 0 bridgehead atoms. The van der Waals surface area contributed by atoms with Crippen molar-refractivity contribution in [1.29, 1.82) is 0 Å². The molecule has 0 atom stereocenters. The van der Waals surface area contributed by atoms with E-state index in [-0.39, 0.29) is 11.4 Å². The summed E-state index contributed by atoms with van der Waals surface area (Å²) in [6, 6.07) is 4.86. The van der Waals surface area contributed by atoms with Crippen molar-refractivity contribution in [2.45, 2.75) is 24.8 Å². The standard InChI is InChI=1S/C20H30FN5O/c1-22-19(25-14-20(26(2)3)7-10-27-11-8-20)23-9-6-15-13-24-18-12-16(21)4-5-17(15)18/h4-5,12-13,24H,6-11,14H2,1-3H3,(H2,22,23,25). The SMILES string of the molecule is CN=C(NCCc1c[nH]c2cc(F)ccc12)NCC1(N(C)C)CCOCC1. The summed E-state index contributed by atoms with van der Waals surface area (Å²) in [5.41, 5.74) is 2.10. The van der Waals surface area contributed by atoms with Gasteiger partial charge in [0.25, 0.3) is 0 Å². The predicted octanol–water partition coefficient (Wildman–Crippen LogP) is 2.13. The fraction of sp³-hybridized carbons (Fsp3) is 0.550. The van der Waals surface area contributed by atoms with Crippen LogP contribution >= 0.6 is 0 Å². The molecule has 1 saturated heterocycles. The van der Waals surface area contributed by atoms with Crippen molar-refractivity contribution in [2.24, 2.45) is 4.99 Å². The maximum Gasteiger partial charge on any atom is 0.191 e. The van der Waals surface area contributed by atoms with Crippen molar-refractivity contribution in [2.75, 3.05) is 47.4 Å². The molecule has 6 nitrogen and oxygen atoms in total. The predicted molar refractivity (Wildman–Crippen MR) is 108 cm³/mol. The summed E-state index contributed by atoms with van der Waals surface area (Å²) >= 11 is 0. The van der Waals surface area contributed by atoms with E-state index in [0.717, 1.165) is 62.4 Å². The number of aliphatic imine (C=N–C) groups is 1. The first-order valence-corrected chi connectivity index (χ1v) is 9.49. The summed E-state index contributed by atoms with van der Waals surface area (Å²) in [4.78, 5) is 9.77. The molecule has 1 fully saturated rings. The third-order valence-electron chi connectivity index (χ3n) is 5.60. The van der Waals surface area contributed by atoms with Gasteiger partial charge in [0.2, 0.25) is 0 Å². The summed E-state index contributed by atoms with van der Waals surface area (Å²) in [6.07, 6.45) is 4.80. The fourth-order valence-electron chi connectivity index (χ4n) is 3.68. The zero-order chi connectivity index (χ0) is 19.3. The molecule has 1 aliphatic rings. The van der Waals surface area contributed by atoms with Crippen LogP contribution in [-0.2, 0) is 11.2 Å². The van der Waals surface area contributed by atoms with E-state index >= 15 is 0 Å². The highest BCUT2D eigenvalue weighted by Crippen LogP contribution is 2.25. The van der Waals surface area contributed by atoms with Crippen LogP contribution in [0.4, 0.5) is 4.39 Å². The minimum Gasteiger partial charge on any atom is -0.381 e. The Kier molecular flexibility index (Phi) is 6.34. The first-order chi connectivity index (χ1) is 13.0. The number of fused-ring (bicyclic) bond motifs is 1. The van der Waals surface area contributed by atoms with Gasteiger partial charge >= 0.3 is 0 Å². The lowest BCUT2D eigenvalue weighted by Crippen LogP contribution is -2.57. The number of guanidine groups is 1. The average Bonchev–Trinajstić information content (AvgIpc) is 3.07. The molecule has 148 valence electrons. The van der Waals surface area contributed by atoms with Crippen LogP contribution in [0.1, 0.15) is 18.4 Å². The van der Waals surface area contributed by atoms with Gasteiger partial charge in [-0.2, -0.15) is 0 Å². The van der Waals surface area contributed by atoms with Gasteiger partial charge < -0.3 is 25.3 Å². The van der Waals surface area contributed by atoms with Gasteiger partial charge in [-0.3, -0.25) is 4.99 Å². The molecule has 0 radical (unpaired) electrons. The lowest BCUT2D eigenvalue weighted by Gasteiger charge is -2.43. The summed E-state index contributed by atoms with van der Waals surface area (Å²) in [7, 11) is 6.04. The summed E-state index contributed by atoms with van der Waals surface area (Å²) in [5, 5.41) is 7.92.